The van der Waals surface area contributed by atoms with Gasteiger partial charge < -0.3 is 5.32 Å². The second-order valence-corrected chi connectivity index (χ2v) is 4.98. The van der Waals surface area contributed by atoms with E-state index in [2.05, 4.69) is 14.9 Å². The van der Waals surface area contributed by atoms with Crippen LogP contribution in [-0.4, -0.2) is 16.6 Å². The summed E-state index contributed by atoms with van der Waals surface area (Å²) in [5, 5.41) is 10.4. The van der Waals surface area contributed by atoms with E-state index in [1.54, 1.807) is 6.07 Å². The van der Waals surface area contributed by atoms with Gasteiger partial charge in [-0.2, -0.15) is 0 Å². The molecule has 0 amide bonds. The summed E-state index contributed by atoms with van der Waals surface area (Å²) < 4.78 is 3.87. The Balaban J connectivity index is 2.22. The second-order valence-electron chi connectivity index (χ2n) is 3.59. The average molecular weight is 288 g/mol. The first-order valence-electron chi connectivity index (χ1n) is 5.09. The van der Waals surface area contributed by atoms with Crippen LogP contribution in [0.1, 0.15) is 17.3 Å². The molecule has 0 saturated carbocycles. The molecular weight excluding hydrogens is 277 g/mol. The van der Waals surface area contributed by atoms with Crippen molar-refractivity contribution in [1.82, 2.24) is 14.9 Å². The van der Waals surface area contributed by atoms with Gasteiger partial charge in [-0.05, 0) is 36.6 Å². The van der Waals surface area contributed by atoms with Crippen LogP contribution in [0.2, 0.25) is 10.0 Å². The molecule has 2 rings (SSSR count). The van der Waals surface area contributed by atoms with Gasteiger partial charge in [-0.3, -0.25) is 0 Å². The molecule has 0 fully saturated rings. The number of nitrogens with one attached hydrogen (secondary N) is 1. The van der Waals surface area contributed by atoms with Crippen LogP contribution in [0.15, 0.2) is 23.6 Å². The van der Waals surface area contributed by atoms with E-state index in [-0.39, 0.29) is 6.04 Å². The highest BCUT2D eigenvalue weighted by atomic mass is 35.5. The molecule has 0 aliphatic carbocycles. The molecule has 90 valence electrons. The highest BCUT2D eigenvalue weighted by Crippen LogP contribution is 2.28. The van der Waals surface area contributed by atoms with Crippen molar-refractivity contribution in [2.45, 2.75) is 12.5 Å². The van der Waals surface area contributed by atoms with Crippen molar-refractivity contribution in [2.75, 3.05) is 7.05 Å². The van der Waals surface area contributed by atoms with E-state index in [1.165, 1.54) is 11.5 Å². The molecule has 0 saturated heterocycles. The predicted molar refractivity (Wildman–Crippen MR) is 71.9 cm³/mol. The third-order valence-electron chi connectivity index (χ3n) is 2.54. The van der Waals surface area contributed by atoms with E-state index in [0.717, 1.165) is 17.7 Å². The lowest BCUT2D eigenvalue weighted by Gasteiger charge is -2.14. The molecule has 3 nitrogen and oxygen atoms in total. The lowest BCUT2D eigenvalue weighted by Crippen LogP contribution is -2.19. The van der Waals surface area contributed by atoms with Gasteiger partial charge in [0.05, 0.1) is 21.8 Å². The standard InChI is InChI=1S/C11H11Cl2N3S/c1-14-9(10-6-17-16-15-10)5-7-3-2-4-8(12)11(7)13/h2-4,6,9,14H,5H2,1H3. The molecule has 1 heterocycles. The smallest absolute Gasteiger partial charge is 0.0928 e. The molecular formula is C11H11Cl2N3S. The van der Waals surface area contributed by atoms with Crippen molar-refractivity contribution >= 4 is 34.7 Å². The summed E-state index contributed by atoms with van der Waals surface area (Å²) in [4.78, 5) is 0. The van der Waals surface area contributed by atoms with Crippen LogP contribution in [0.3, 0.4) is 0 Å². The molecule has 17 heavy (non-hydrogen) atoms. The third kappa shape index (κ3) is 2.96. The van der Waals surface area contributed by atoms with Crippen LogP contribution in [-0.2, 0) is 6.42 Å². The molecule has 1 atom stereocenters. The Bertz CT molecular complexity index is 487. The molecule has 0 radical (unpaired) electrons. The fourth-order valence-corrected chi connectivity index (χ4v) is 2.51. The Morgan fingerprint density at radius 3 is 2.88 bits per heavy atom. The van der Waals surface area contributed by atoms with Crippen LogP contribution in [0.5, 0.6) is 0 Å². The van der Waals surface area contributed by atoms with Crippen LogP contribution in [0.25, 0.3) is 0 Å². The normalized spacial score (nSPS) is 12.6. The maximum atomic E-state index is 6.16. The van der Waals surface area contributed by atoms with E-state index < -0.39 is 0 Å². The van der Waals surface area contributed by atoms with E-state index in [4.69, 9.17) is 23.2 Å². The zero-order valence-corrected chi connectivity index (χ0v) is 11.5. The lowest BCUT2D eigenvalue weighted by atomic mass is 10.0. The average Bonchev–Trinajstić information content (AvgIpc) is 2.85. The zero-order chi connectivity index (χ0) is 12.3. The maximum absolute atomic E-state index is 6.16. The Morgan fingerprint density at radius 2 is 2.24 bits per heavy atom. The molecule has 2 aromatic rings. The molecule has 1 aromatic carbocycles. The Kier molecular flexibility index (Phi) is 4.34. The van der Waals surface area contributed by atoms with Crippen molar-refractivity contribution in [3.05, 3.63) is 44.9 Å². The highest BCUT2D eigenvalue weighted by Gasteiger charge is 2.15. The van der Waals surface area contributed by atoms with Crippen molar-refractivity contribution in [3.63, 3.8) is 0 Å². The van der Waals surface area contributed by atoms with Crippen molar-refractivity contribution in [1.29, 1.82) is 0 Å². The predicted octanol–water partition coefficient (Wildman–Crippen LogP) is 3.35. The number of aromatic nitrogens is 2. The summed E-state index contributed by atoms with van der Waals surface area (Å²) in [5.74, 6) is 0. The molecule has 1 aromatic heterocycles. The molecule has 0 aliphatic rings. The van der Waals surface area contributed by atoms with Gasteiger partial charge in [-0.15, -0.1) is 5.10 Å². The van der Waals surface area contributed by atoms with E-state index in [9.17, 15) is 0 Å². The zero-order valence-electron chi connectivity index (χ0n) is 9.15. The van der Waals surface area contributed by atoms with E-state index in [1.807, 2.05) is 24.6 Å². The first kappa shape index (κ1) is 12.8. The van der Waals surface area contributed by atoms with Gasteiger partial charge >= 0.3 is 0 Å². The van der Waals surface area contributed by atoms with Crippen LogP contribution in [0.4, 0.5) is 0 Å². The van der Waals surface area contributed by atoms with Gasteiger partial charge in [0.25, 0.3) is 0 Å². The minimum Gasteiger partial charge on any atom is -0.311 e. The number of halogens is 2. The molecule has 1 N–H and O–H groups in total. The summed E-state index contributed by atoms with van der Waals surface area (Å²) >= 11 is 13.5. The number of nitrogens with zero attached hydrogens (tertiary/aromatic N) is 2. The Hall–Kier alpha value is -0.680. The topological polar surface area (TPSA) is 37.8 Å². The first-order chi connectivity index (χ1) is 8.22. The quantitative estimate of drug-likeness (QED) is 0.937. The largest absolute Gasteiger partial charge is 0.311 e. The van der Waals surface area contributed by atoms with Gasteiger partial charge in [0.2, 0.25) is 0 Å². The Labute approximate surface area is 114 Å². The summed E-state index contributed by atoms with van der Waals surface area (Å²) in [5.41, 5.74) is 1.93. The summed E-state index contributed by atoms with van der Waals surface area (Å²) in [6.07, 6.45) is 0.737. The van der Waals surface area contributed by atoms with Crippen molar-refractivity contribution < 1.29 is 0 Å². The molecule has 0 aliphatic heterocycles. The fourth-order valence-electron chi connectivity index (χ4n) is 1.60. The first-order valence-corrected chi connectivity index (χ1v) is 6.68. The monoisotopic (exact) mass is 287 g/mol. The number of hydrogen-bond donors (Lipinski definition) is 1. The molecule has 0 bridgehead atoms. The minimum atomic E-state index is 0.102. The molecule has 6 heteroatoms. The maximum Gasteiger partial charge on any atom is 0.0928 e. The number of benzene rings is 1. The van der Waals surface area contributed by atoms with Crippen LogP contribution in [0, 0.1) is 0 Å². The number of hydrogen-bond acceptors (Lipinski definition) is 4. The molecule has 0 spiro atoms. The number of rotatable bonds is 4. The second kappa shape index (κ2) is 5.78. The minimum absolute atomic E-state index is 0.102. The molecule has 1 unspecified atom stereocenters. The van der Waals surface area contributed by atoms with Gasteiger partial charge in [-0.25, -0.2) is 0 Å². The van der Waals surface area contributed by atoms with E-state index in [0.29, 0.717) is 10.0 Å². The van der Waals surface area contributed by atoms with Crippen molar-refractivity contribution in [3.8, 4) is 0 Å². The van der Waals surface area contributed by atoms with Gasteiger partial charge in [0.15, 0.2) is 0 Å². The van der Waals surface area contributed by atoms with Gasteiger partial charge in [0, 0.05) is 5.38 Å². The SMILES string of the molecule is CNC(Cc1cccc(Cl)c1Cl)c1csnn1. The van der Waals surface area contributed by atoms with Crippen molar-refractivity contribution in [2.24, 2.45) is 0 Å². The van der Waals surface area contributed by atoms with Crippen LogP contribution < -0.4 is 5.32 Å². The lowest BCUT2D eigenvalue weighted by molar-refractivity contribution is 0.574. The van der Waals surface area contributed by atoms with Gasteiger partial charge in [0.1, 0.15) is 0 Å². The van der Waals surface area contributed by atoms with Gasteiger partial charge in [-0.1, -0.05) is 39.8 Å². The number of likely N-dealkylation sites (N-methyl/N-ethyl adjacent to an activating group) is 1. The third-order valence-corrected chi connectivity index (χ3v) is 3.92. The Morgan fingerprint density at radius 1 is 1.41 bits per heavy atom. The highest BCUT2D eigenvalue weighted by molar-refractivity contribution is 7.03. The van der Waals surface area contributed by atoms with Crippen LogP contribution >= 0.6 is 34.7 Å². The van der Waals surface area contributed by atoms with E-state index >= 15 is 0 Å². The summed E-state index contributed by atoms with van der Waals surface area (Å²) in [6.45, 7) is 0. The summed E-state index contributed by atoms with van der Waals surface area (Å²) in [6, 6.07) is 5.75. The fraction of sp³-hybridized carbons (Fsp3) is 0.273. The summed E-state index contributed by atoms with van der Waals surface area (Å²) in [7, 11) is 1.89.